The van der Waals surface area contributed by atoms with E-state index in [-0.39, 0.29) is 11.7 Å². The van der Waals surface area contributed by atoms with Crippen LogP contribution < -0.4 is 10.1 Å². The maximum atomic E-state index is 13.0. The molecular weight excluding hydrogens is 361 g/mol. The fourth-order valence-corrected chi connectivity index (χ4v) is 2.69. The summed E-state index contributed by atoms with van der Waals surface area (Å²) in [6.45, 7) is 2.75. The van der Waals surface area contributed by atoms with E-state index in [1.807, 2.05) is 26.0 Å². The van der Waals surface area contributed by atoms with E-state index in [1.54, 1.807) is 30.3 Å². The van der Waals surface area contributed by atoms with E-state index in [1.165, 1.54) is 7.11 Å². The lowest BCUT2D eigenvalue weighted by molar-refractivity contribution is -0.138. The van der Waals surface area contributed by atoms with Gasteiger partial charge >= 0.3 is 6.18 Å². The van der Waals surface area contributed by atoms with Gasteiger partial charge in [-0.1, -0.05) is 24.3 Å². The number of alkyl halides is 3. The predicted molar refractivity (Wildman–Crippen MR) is 102 cm³/mol. The SMILES string of the molecule is COc1ccc(CN(CC(F)(F)F)C(=S)Nc2cccc(C)c2C)cc1. The molecular formula is C19H21F3N2OS. The number of ether oxygens (including phenoxy) is 1. The first-order valence-corrected chi connectivity index (χ1v) is 8.42. The van der Waals surface area contributed by atoms with Gasteiger partial charge < -0.3 is 15.0 Å². The lowest BCUT2D eigenvalue weighted by Gasteiger charge is -2.27. The number of halogens is 3. The van der Waals surface area contributed by atoms with Crippen LogP contribution in [0, 0.1) is 13.8 Å². The second kappa shape index (κ2) is 8.40. The first kappa shape index (κ1) is 20.0. The van der Waals surface area contributed by atoms with E-state index in [9.17, 15) is 13.2 Å². The number of hydrogen-bond donors (Lipinski definition) is 1. The predicted octanol–water partition coefficient (Wildman–Crippen LogP) is 5.07. The molecule has 7 heteroatoms. The molecule has 0 bridgehead atoms. The van der Waals surface area contributed by atoms with Gasteiger partial charge in [0.05, 0.1) is 7.11 Å². The van der Waals surface area contributed by atoms with Crippen molar-refractivity contribution in [3.05, 3.63) is 59.2 Å². The molecule has 140 valence electrons. The Labute approximate surface area is 156 Å². The number of benzene rings is 2. The summed E-state index contributed by atoms with van der Waals surface area (Å²) in [5, 5.41) is 2.98. The van der Waals surface area contributed by atoms with E-state index in [2.05, 4.69) is 5.32 Å². The molecule has 0 unspecified atom stereocenters. The first-order chi connectivity index (χ1) is 12.2. The van der Waals surface area contributed by atoms with E-state index in [4.69, 9.17) is 17.0 Å². The van der Waals surface area contributed by atoms with Gasteiger partial charge in [0, 0.05) is 12.2 Å². The number of nitrogens with one attached hydrogen (secondary N) is 1. The minimum Gasteiger partial charge on any atom is -0.497 e. The van der Waals surface area contributed by atoms with Gasteiger partial charge in [-0.3, -0.25) is 0 Å². The number of anilines is 1. The third-order valence-electron chi connectivity index (χ3n) is 4.04. The topological polar surface area (TPSA) is 24.5 Å². The molecule has 0 aromatic heterocycles. The van der Waals surface area contributed by atoms with Gasteiger partial charge in [0.15, 0.2) is 5.11 Å². The quantitative estimate of drug-likeness (QED) is 0.730. The van der Waals surface area contributed by atoms with Gasteiger partial charge in [-0.15, -0.1) is 0 Å². The van der Waals surface area contributed by atoms with Crippen molar-refractivity contribution < 1.29 is 17.9 Å². The molecule has 0 spiro atoms. The van der Waals surface area contributed by atoms with Crippen LogP contribution in [0.25, 0.3) is 0 Å². The van der Waals surface area contributed by atoms with Gasteiger partial charge in [0.25, 0.3) is 0 Å². The molecule has 2 aromatic carbocycles. The summed E-state index contributed by atoms with van der Waals surface area (Å²) in [5.74, 6) is 0.646. The summed E-state index contributed by atoms with van der Waals surface area (Å²) in [6, 6.07) is 12.4. The molecule has 2 rings (SSSR count). The maximum Gasteiger partial charge on any atom is 0.406 e. The van der Waals surface area contributed by atoms with Gasteiger partial charge in [0.1, 0.15) is 12.3 Å². The number of nitrogens with zero attached hydrogens (tertiary/aromatic N) is 1. The molecule has 0 aliphatic rings. The number of rotatable bonds is 5. The molecule has 2 aromatic rings. The zero-order chi connectivity index (χ0) is 19.3. The smallest absolute Gasteiger partial charge is 0.406 e. The van der Waals surface area contributed by atoms with Crippen LogP contribution >= 0.6 is 12.2 Å². The number of methoxy groups -OCH3 is 1. The number of hydrogen-bond acceptors (Lipinski definition) is 2. The highest BCUT2D eigenvalue weighted by Crippen LogP contribution is 2.22. The zero-order valence-corrected chi connectivity index (χ0v) is 15.7. The Morgan fingerprint density at radius 3 is 2.35 bits per heavy atom. The van der Waals surface area contributed by atoms with Crippen LogP contribution in [0.2, 0.25) is 0 Å². The molecule has 0 fully saturated rings. The molecule has 0 aliphatic heterocycles. The molecule has 0 aliphatic carbocycles. The molecule has 3 nitrogen and oxygen atoms in total. The lowest BCUT2D eigenvalue weighted by atomic mass is 10.1. The van der Waals surface area contributed by atoms with E-state index in [0.29, 0.717) is 17.0 Å². The average molecular weight is 382 g/mol. The Balaban J connectivity index is 2.19. The zero-order valence-electron chi connectivity index (χ0n) is 14.9. The summed E-state index contributed by atoms with van der Waals surface area (Å²) in [6.07, 6.45) is -4.36. The third-order valence-corrected chi connectivity index (χ3v) is 4.40. The van der Waals surface area contributed by atoms with Crippen molar-refractivity contribution in [2.24, 2.45) is 0 Å². The fraction of sp³-hybridized carbons (Fsp3) is 0.316. The standard InChI is InChI=1S/C19H21F3N2OS/c1-13-5-4-6-17(14(13)2)23-18(26)24(12-19(20,21)22)11-15-7-9-16(25-3)10-8-15/h4-10H,11-12H2,1-3H3,(H,23,26). The summed E-state index contributed by atoms with van der Waals surface area (Å²) in [7, 11) is 1.54. The Bertz CT molecular complexity index is 760. The molecule has 0 radical (unpaired) electrons. The molecule has 0 heterocycles. The highest BCUT2D eigenvalue weighted by Gasteiger charge is 2.32. The van der Waals surface area contributed by atoms with Crippen LogP contribution in [0.4, 0.5) is 18.9 Å². The van der Waals surface area contributed by atoms with Gasteiger partial charge in [-0.05, 0) is 61.0 Å². The van der Waals surface area contributed by atoms with Crippen LogP contribution in [0.1, 0.15) is 16.7 Å². The van der Waals surface area contributed by atoms with Crippen molar-refractivity contribution in [3.63, 3.8) is 0 Å². The number of aryl methyl sites for hydroxylation is 1. The van der Waals surface area contributed by atoms with Crippen molar-refractivity contribution >= 4 is 23.0 Å². The van der Waals surface area contributed by atoms with Gasteiger partial charge in [-0.25, -0.2) is 0 Å². The Kier molecular flexibility index (Phi) is 6.47. The molecule has 0 amide bonds. The molecule has 1 N–H and O–H groups in total. The van der Waals surface area contributed by atoms with Crippen molar-refractivity contribution in [3.8, 4) is 5.75 Å². The summed E-state index contributed by atoms with van der Waals surface area (Å²) >= 11 is 5.27. The second-order valence-corrected chi connectivity index (χ2v) is 6.38. The summed E-state index contributed by atoms with van der Waals surface area (Å²) < 4.78 is 44.1. The minimum atomic E-state index is -4.36. The van der Waals surface area contributed by atoms with Crippen molar-refractivity contribution in [1.29, 1.82) is 0 Å². The Morgan fingerprint density at radius 1 is 1.12 bits per heavy atom. The van der Waals surface area contributed by atoms with Crippen LogP contribution in [0.15, 0.2) is 42.5 Å². The molecule has 0 saturated carbocycles. The van der Waals surface area contributed by atoms with E-state index in [0.717, 1.165) is 16.0 Å². The largest absolute Gasteiger partial charge is 0.497 e. The minimum absolute atomic E-state index is 0.0341. The number of thiocarbonyl (C=S) groups is 1. The summed E-state index contributed by atoms with van der Waals surface area (Å²) in [4.78, 5) is 1.11. The molecule has 0 atom stereocenters. The monoisotopic (exact) mass is 382 g/mol. The highest BCUT2D eigenvalue weighted by molar-refractivity contribution is 7.80. The fourth-order valence-electron chi connectivity index (χ4n) is 2.45. The van der Waals surface area contributed by atoms with Crippen LogP contribution in [-0.2, 0) is 6.54 Å². The first-order valence-electron chi connectivity index (χ1n) is 8.01. The van der Waals surface area contributed by atoms with Crippen LogP contribution in [0.3, 0.4) is 0 Å². The van der Waals surface area contributed by atoms with Gasteiger partial charge in [0.2, 0.25) is 0 Å². The van der Waals surface area contributed by atoms with Crippen LogP contribution in [-0.4, -0.2) is 29.8 Å². The molecule has 26 heavy (non-hydrogen) atoms. The molecule has 0 saturated heterocycles. The van der Waals surface area contributed by atoms with Gasteiger partial charge in [-0.2, -0.15) is 13.2 Å². The van der Waals surface area contributed by atoms with E-state index < -0.39 is 12.7 Å². The summed E-state index contributed by atoms with van der Waals surface area (Å²) in [5.41, 5.74) is 3.40. The maximum absolute atomic E-state index is 13.0. The van der Waals surface area contributed by atoms with E-state index >= 15 is 0 Å². The average Bonchev–Trinajstić information content (AvgIpc) is 2.58. The van der Waals surface area contributed by atoms with Crippen molar-refractivity contribution in [2.45, 2.75) is 26.6 Å². The lowest BCUT2D eigenvalue weighted by Crippen LogP contribution is -2.41. The second-order valence-electron chi connectivity index (χ2n) is 6.00. The normalized spacial score (nSPS) is 11.2. The Hall–Kier alpha value is -2.28. The Morgan fingerprint density at radius 2 is 1.77 bits per heavy atom. The van der Waals surface area contributed by atoms with Crippen molar-refractivity contribution in [1.82, 2.24) is 4.90 Å². The third kappa shape index (κ3) is 5.62. The highest BCUT2D eigenvalue weighted by atomic mass is 32.1. The van der Waals surface area contributed by atoms with Crippen molar-refractivity contribution in [2.75, 3.05) is 19.0 Å². The van der Waals surface area contributed by atoms with Crippen LogP contribution in [0.5, 0.6) is 5.75 Å².